The summed E-state index contributed by atoms with van der Waals surface area (Å²) in [6.45, 7) is 8.48. The van der Waals surface area contributed by atoms with Crippen molar-refractivity contribution in [3.05, 3.63) is 66.0 Å². The summed E-state index contributed by atoms with van der Waals surface area (Å²) < 4.78 is 12.8. The predicted octanol–water partition coefficient (Wildman–Crippen LogP) is 4.70. The van der Waals surface area contributed by atoms with Crippen LogP contribution in [0.2, 0.25) is 0 Å². The third-order valence-corrected chi connectivity index (χ3v) is 6.33. The second kappa shape index (κ2) is 14.2. The van der Waals surface area contributed by atoms with Crippen molar-refractivity contribution in [1.29, 1.82) is 0 Å². The standard InChI is InChI=1S/C20H26N4O.C10H12FN3/c1-3-15-7-6-10-24(13-14(2)11-15)18-12-17(22-23-20(18)21)16-8-4-5-9-19(16)25;1-8-9(11)7-12-10(13-8)5-4-6-14(2)3/h4-9,12,14-15,25H,3,10-11,13H2,1-2H3,(H2,21,23);7H,6H2,1-3H3/b7-6-;/t14?,15-;/m0./s1. The van der Waals surface area contributed by atoms with Crippen molar-refractivity contribution in [3.8, 4) is 28.8 Å². The van der Waals surface area contributed by atoms with Crippen LogP contribution in [-0.4, -0.2) is 63.9 Å². The van der Waals surface area contributed by atoms with Crippen LogP contribution >= 0.6 is 0 Å². The van der Waals surface area contributed by atoms with Crippen LogP contribution in [0, 0.1) is 36.4 Å². The number of halogens is 1. The molecule has 206 valence electrons. The molecule has 9 heteroatoms. The summed E-state index contributed by atoms with van der Waals surface area (Å²) >= 11 is 0. The number of hydrogen-bond acceptors (Lipinski definition) is 8. The van der Waals surface area contributed by atoms with Gasteiger partial charge in [-0.15, -0.1) is 10.2 Å². The summed E-state index contributed by atoms with van der Waals surface area (Å²) in [6, 6.07) is 9.08. The highest BCUT2D eigenvalue weighted by Gasteiger charge is 2.19. The van der Waals surface area contributed by atoms with E-state index in [1.807, 2.05) is 37.2 Å². The lowest BCUT2D eigenvalue weighted by Crippen LogP contribution is -2.32. The monoisotopic (exact) mass is 531 g/mol. The normalized spacial score (nSPS) is 17.8. The fourth-order valence-electron chi connectivity index (χ4n) is 4.26. The molecule has 1 unspecified atom stereocenters. The highest BCUT2D eigenvalue weighted by Crippen LogP contribution is 2.32. The average Bonchev–Trinajstić information content (AvgIpc) is 2.89. The van der Waals surface area contributed by atoms with Gasteiger partial charge >= 0.3 is 0 Å². The third-order valence-electron chi connectivity index (χ3n) is 6.33. The van der Waals surface area contributed by atoms with Gasteiger partial charge in [0.05, 0.1) is 29.8 Å². The topological polar surface area (TPSA) is 104 Å². The average molecular weight is 532 g/mol. The third kappa shape index (κ3) is 8.76. The van der Waals surface area contributed by atoms with Crippen LogP contribution in [0.15, 0.2) is 48.7 Å². The van der Waals surface area contributed by atoms with E-state index < -0.39 is 5.82 Å². The molecule has 2 aromatic heterocycles. The first-order valence-corrected chi connectivity index (χ1v) is 13.1. The number of benzene rings is 1. The van der Waals surface area contributed by atoms with E-state index in [9.17, 15) is 9.50 Å². The smallest absolute Gasteiger partial charge is 0.205 e. The van der Waals surface area contributed by atoms with Gasteiger partial charge in [-0.05, 0) is 69.8 Å². The van der Waals surface area contributed by atoms with Crippen molar-refractivity contribution in [1.82, 2.24) is 25.1 Å². The van der Waals surface area contributed by atoms with Crippen LogP contribution in [0.1, 0.15) is 38.2 Å². The number of phenols is 1. The first-order valence-electron chi connectivity index (χ1n) is 13.1. The lowest BCUT2D eigenvalue weighted by atomic mass is 9.91. The molecular weight excluding hydrogens is 493 g/mol. The number of hydrogen-bond donors (Lipinski definition) is 2. The van der Waals surface area contributed by atoms with Gasteiger partial charge in [-0.1, -0.05) is 44.1 Å². The molecule has 2 atom stereocenters. The number of aromatic hydroxyl groups is 1. The molecule has 8 nitrogen and oxygen atoms in total. The number of nitrogens with two attached hydrogens (primary N) is 1. The predicted molar refractivity (Wildman–Crippen MR) is 155 cm³/mol. The molecule has 1 aliphatic heterocycles. The zero-order valence-corrected chi connectivity index (χ0v) is 23.4. The maximum atomic E-state index is 12.8. The van der Waals surface area contributed by atoms with E-state index >= 15 is 0 Å². The molecule has 0 spiro atoms. The van der Waals surface area contributed by atoms with E-state index in [0.717, 1.165) is 25.0 Å². The SMILES string of the molecule is CC[C@H]1/C=C\CN(c2cc(-c3ccccc3O)nnc2N)CC(C)C1.Cc1nc(C#CCN(C)C)ncc1F. The molecule has 3 N–H and O–H groups in total. The van der Waals surface area contributed by atoms with E-state index in [4.69, 9.17) is 5.73 Å². The van der Waals surface area contributed by atoms with Gasteiger partial charge in [-0.2, -0.15) is 0 Å². The molecule has 0 aliphatic carbocycles. The minimum Gasteiger partial charge on any atom is -0.507 e. The first kappa shape index (κ1) is 29.5. The lowest BCUT2D eigenvalue weighted by molar-refractivity contribution is 0.429. The maximum absolute atomic E-state index is 12.8. The Bertz CT molecular complexity index is 1330. The number of para-hydroxylation sites is 1. The Hall–Kier alpha value is -4.03. The summed E-state index contributed by atoms with van der Waals surface area (Å²) in [6.07, 6.45) is 8.03. The van der Waals surface area contributed by atoms with Gasteiger partial charge in [-0.3, -0.25) is 4.90 Å². The Morgan fingerprint density at radius 2 is 2.00 bits per heavy atom. The van der Waals surface area contributed by atoms with Gasteiger partial charge in [0, 0.05) is 18.7 Å². The minimum absolute atomic E-state index is 0.194. The van der Waals surface area contributed by atoms with Crippen molar-refractivity contribution in [2.45, 2.75) is 33.6 Å². The Balaban J connectivity index is 0.000000255. The fourth-order valence-corrected chi connectivity index (χ4v) is 4.26. The van der Waals surface area contributed by atoms with Gasteiger partial charge in [0.1, 0.15) is 5.75 Å². The quantitative estimate of drug-likeness (QED) is 0.369. The minimum atomic E-state index is -0.400. The van der Waals surface area contributed by atoms with Crippen molar-refractivity contribution >= 4 is 11.5 Å². The van der Waals surface area contributed by atoms with Crippen molar-refractivity contribution < 1.29 is 9.50 Å². The number of nitrogen functional groups attached to an aromatic ring is 1. The molecule has 0 amide bonds. The first-order chi connectivity index (χ1) is 18.7. The fraction of sp³-hybridized carbons (Fsp3) is 0.400. The van der Waals surface area contributed by atoms with Crippen LogP contribution in [-0.2, 0) is 0 Å². The number of aryl methyl sites for hydroxylation is 1. The van der Waals surface area contributed by atoms with Gasteiger partial charge in [0.15, 0.2) is 11.6 Å². The zero-order chi connectivity index (χ0) is 28.4. The van der Waals surface area contributed by atoms with E-state index in [0.29, 0.717) is 47.0 Å². The Kier molecular flexibility index (Phi) is 10.8. The molecule has 3 aromatic rings. The van der Waals surface area contributed by atoms with E-state index in [2.05, 4.69) is 62.9 Å². The van der Waals surface area contributed by atoms with Crippen LogP contribution < -0.4 is 10.6 Å². The van der Waals surface area contributed by atoms with Crippen LogP contribution in [0.3, 0.4) is 0 Å². The molecule has 4 rings (SSSR count). The van der Waals surface area contributed by atoms with Crippen LogP contribution in [0.4, 0.5) is 15.9 Å². The van der Waals surface area contributed by atoms with Crippen molar-refractivity contribution in [2.24, 2.45) is 11.8 Å². The zero-order valence-electron chi connectivity index (χ0n) is 23.4. The van der Waals surface area contributed by atoms with Gasteiger partial charge in [0.2, 0.25) is 5.82 Å². The second-order valence-electron chi connectivity index (χ2n) is 10.0. The van der Waals surface area contributed by atoms with Gasteiger partial charge in [-0.25, -0.2) is 14.4 Å². The number of allylic oxidation sites excluding steroid dienone is 1. The van der Waals surface area contributed by atoms with E-state index in [1.165, 1.54) is 12.8 Å². The number of rotatable bonds is 4. The van der Waals surface area contributed by atoms with Crippen LogP contribution in [0.5, 0.6) is 5.75 Å². The molecule has 1 aliphatic rings. The molecule has 1 aromatic carbocycles. The summed E-state index contributed by atoms with van der Waals surface area (Å²) in [5.41, 5.74) is 8.62. The number of phenolic OH excluding ortho intramolecular Hbond substituents is 1. The largest absolute Gasteiger partial charge is 0.507 e. The number of nitrogens with zero attached hydrogens (tertiary/aromatic N) is 6. The molecule has 0 saturated heterocycles. The highest BCUT2D eigenvalue weighted by molar-refractivity contribution is 5.74. The summed E-state index contributed by atoms with van der Waals surface area (Å²) in [7, 11) is 3.84. The Morgan fingerprint density at radius 3 is 2.69 bits per heavy atom. The van der Waals surface area contributed by atoms with Crippen LogP contribution in [0.25, 0.3) is 11.3 Å². The van der Waals surface area contributed by atoms with Crippen molar-refractivity contribution in [2.75, 3.05) is 44.4 Å². The molecule has 39 heavy (non-hydrogen) atoms. The van der Waals surface area contributed by atoms with Crippen molar-refractivity contribution in [3.63, 3.8) is 0 Å². The molecule has 0 bridgehead atoms. The van der Waals surface area contributed by atoms with E-state index in [-0.39, 0.29) is 5.75 Å². The molecule has 3 heterocycles. The Labute approximate surface area is 230 Å². The van der Waals surface area contributed by atoms with Gasteiger partial charge < -0.3 is 15.7 Å². The van der Waals surface area contributed by atoms with E-state index in [1.54, 1.807) is 19.1 Å². The molecule has 0 saturated carbocycles. The number of aromatic nitrogens is 4. The van der Waals surface area contributed by atoms with Gasteiger partial charge in [0.25, 0.3) is 0 Å². The second-order valence-corrected chi connectivity index (χ2v) is 10.0. The summed E-state index contributed by atoms with van der Waals surface area (Å²) in [5, 5.41) is 18.4. The lowest BCUT2D eigenvalue weighted by Gasteiger charge is -2.30. The molecule has 0 radical (unpaired) electrons. The Morgan fingerprint density at radius 1 is 1.23 bits per heavy atom. The molecular formula is C30H38FN7O. The molecule has 0 fully saturated rings. The summed E-state index contributed by atoms with van der Waals surface area (Å²) in [5.74, 6) is 7.44. The highest BCUT2D eigenvalue weighted by atomic mass is 19.1. The summed E-state index contributed by atoms with van der Waals surface area (Å²) in [4.78, 5) is 11.8. The number of anilines is 2. The maximum Gasteiger partial charge on any atom is 0.205 e.